The van der Waals surface area contributed by atoms with Crippen LogP contribution in [-0.2, 0) is 0 Å². The molecule has 1 aromatic heterocycles. The number of aldehydes is 1. The summed E-state index contributed by atoms with van der Waals surface area (Å²) in [6.07, 6.45) is -1.25. The zero-order valence-corrected chi connectivity index (χ0v) is 7.48. The summed E-state index contributed by atoms with van der Waals surface area (Å²) in [5.41, 5.74) is -0.437. The van der Waals surface area contributed by atoms with Crippen molar-refractivity contribution in [2.45, 2.75) is 13.3 Å². The minimum Gasteiger partial charge on any atom is -0.296 e. The van der Waals surface area contributed by atoms with Gasteiger partial charge in [0.25, 0.3) is 6.43 Å². The first kappa shape index (κ1) is 10.1. The molecule has 0 N–H and O–H groups in total. The van der Waals surface area contributed by atoms with Crippen molar-refractivity contribution in [3.8, 4) is 0 Å². The normalized spacial score (nSPS) is 10.5. The van der Waals surface area contributed by atoms with Gasteiger partial charge in [-0.1, -0.05) is 11.6 Å². The second kappa shape index (κ2) is 3.79. The number of pyridine rings is 1. The van der Waals surface area contributed by atoms with Crippen molar-refractivity contribution in [2.24, 2.45) is 0 Å². The van der Waals surface area contributed by atoms with Crippen LogP contribution < -0.4 is 0 Å². The third-order valence-corrected chi connectivity index (χ3v) is 2.07. The molecule has 0 bridgehead atoms. The third kappa shape index (κ3) is 1.83. The molecule has 0 unspecified atom stereocenters. The van der Waals surface area contributed by atoms with Crippen LogP contribution in [0.1, 0.15) is 28.0 Å². The van der Waals surface area contributed by atoms with Crippen LogP contribution in [0, 0.1) is 6.92 Å². The fourth-order valence-electron chi connectivity index (χ4n) is 0.983. The van der Waals surface area contributed by atoms with Crippen molar-refractivity contribution in [3.05, 3.63) is 28.0 Å². The minimum atomic E-state index is -2.73. The molecule has 1 aromatic rings. The Kier molecular flexibility index (Phi) is 2.93. The van der Waals surface area contributed by atoms with Gasteiger partial charge in [0.1, 0.15) is 5.69 Å². The van der Waals surface area contributed by atoms with Gasteiger partial charge in [0.05, 0.1) is 10.6 Å². The quantitative estimate of drug-likeness (QED) is 0.695. The number of carbonyl (C=O) groups excluding carboxylic acids is 1. The van der Waals surface area contributed by atoms with Crippen LogP contribution >= 0.6 is 11.6 Å². The molecular formula is C8H6ClF2NO. The van der Waals surface area contributed by atoms with Crippen LogP contribution in [-0.4, -0.2) is 11.3 Å². The van der Waals surface area contributed by atoms with E-state index < -0.39 is 6.43 Å². The van der Waals surface area contributed by atoms with Crippen molar-refractivity contribution in [2.75, 3.05) is 0 Å². The molecule has 70 valence electrons. The van der Waals surface area contributed by atoms with E-state index in [1.54, 1.807) is 0 Å². The largest absolute Gasteiger partial charge is 0.296 e. The molecule has 2 nitrogen and oxygen atoms in total. The van der Waals surface area contributed by atoms with Gasteiger partial charge in [0.15, 0.2) is 6.29 Å². The Morgan fingerprint density at radius 2 is 2.23 bits per heavy atom. The lowest BCUT2D eigenvalue weighted by Crippen LogP contribution is -2.00. The van der Waals surface area contributed by atoms with Gasteiger partial charge < -0.3 is 0 Å². The fraction of sp³-hybridized carbons (Fsp3) is 0.250. The van der Waals surface area contributed by atoms with Crippen LogP contribution in [0.2, 0.25) is 5.02 Å². The van der Waals surface area contributed by atoms with Crippen molar-refractivity contribution in [1.29, 1.82) is 0 Å². The Bertz CT molecular complexity index is 341. The first-order valence-electron chi connectivity index (χ1n) is 3.46. The molecule has 0 fully saturated rings. The topological polar surface area (TPSA) is 30.0 Å². The van der Waals surface area contributed by atoms with Crippen LogP contribution in [0.5, 0.6) is 0 Å². The lowest BCUT2D eigenvalue weighted by atomic mass is 10.1. The Labute approximate surface area is 78.5 Å². The summed E-state index contributed by atoms with van der Waals surface area (Å²) in [6, 6.07) is 0. The fourth-order valence-corrected chi connectivity index (χ4v) is 1.13. The predicted molar refractivity (Wildman–Crippen MR) is 44.3 cm³/mol. The molecular weight excluding hydrogens is 200 g/mol. The average Bonchev–Trinajstić information content (AvgIpc) is 2.08. The molecule has 0 radical (unpaired) electrons. The maximum absolute atomic E-state index is 12.4. The van der Waals surface area contributed by atoms with Crippen molar-refractivity contribution < 1.29 is 13.6 Å². The number of carbonyl (C=O) groups is 1. The van der Waals surface area contributed by atoms with Crippen LogP contribution in [0.25, 0.3) is 0 Å². The van der Waals surface area contributed by atoms with Crippen LogP contribution in [0.4, 0.5) is 8.78 Å². The summed E-state index contributed by atoms with van der Waals surface area (Å²) >= 11 is 5.58. The van der Waals surface area contributed by atoms with E-state index in [2.05, 4.69) is 4.98 Å². The van der Waals surface area contributed by atoms with E-state index in [1.807, 2.05) is 0 Å². The predicted octanol–water partition coefficient (Wildman–Crippen LogP) is 2.79. The summed E-state index contributed by atoms with van der Waals surface area (Å²) in [7, 11) is 0. The Balaban J connectivity index is 3.41. The second-order valence-electron chi connectivity index (χ2n) is 2.45. The molecule has 13 heavy (non-hydrogen) atoms. The molecule has 0 aliphatic heterocycles. The summed E-state index contributed by atoms with van der Waals surface area (Å²) in [4.78, 5) is 13.9. The highest BCUT2D eigenvalue weighted by Crippen LogP contribution is 2.28. The molecule has 0 aliphatic carbocycles. The van der Waals surface area contributed by atoms with Gasteiger partial charge in [0, 0.05) is 6.20 Å². The van der Waals surface area contributed by atoms with E-state index >= 15 is 0 Å². The van der Waals surface area contributed by atoms with Gasteiger partial charge in [-0.15, -0.1) is 0 Å². The highest BCUT2D eigenvalue weighted by atomic mass is 35.5. The van der Waals surface area contributed by atoms with Crippen molar-refractivity contribution >= 4 is 17.9 Å². The third-order valence-electron chi connectivity index (χ3n) is 1.69. The van der Waals surface area contributed by atoms with E-state index in [-0.39, 0.29) is 21.8 Å². The van der Waals surface area contributed by atoms with Crippen LogP contribution in [0.15, 0.2) is 6.20 Å². The second-order valence-corrected chi connectivity index (χ2v) is 2.86. The number of alkyl halides is 2. The lowest BCUT2D eigenvalue weighted by Gasteiger charge is -2.07. The monoisotopic (exact) mass is 205 g/mol. The molecule has 1 heterocycles. The average molecular weight is 206 g/mol. The number of halogens is 3. The number of rotatable bonds is 2. The number of hydrogen-bond donors (Lipinski definition) is 0. The van der Waals surface area contributed by atoms with E-state index in [1.165, 1.54) is 13.1 Å². The van der Waals surface area contributed by atoms with Crippen molar-refractivity contribution in [1.82, 2.24) is 4.98 Å². The lowest BCUT2D eigenvalue weighted by molar-refractivity contribution is 0.110. The highest BCUT2D eigenvalue weighted by Gasteiger charge is 2.18. The van der Waals surface area contributed by atoms with E-state index in [0.717, 1.165) is 0 Å². The van der Waals surface area contributed by atoms with E-state index in [0.29, 0.717) is 6.29 Å². The molecule has 1 rings (SSSR count). The summed E-state index contributed by atoms with van der Waals surface area (Å²) in [5, 5.41) is 0.140. The molecule has 0 aromatic carbocycles. The maximum atomic E-state index is 12.4. The zero-order chi connectivity index (χ0) is 10.0. The van der Waals surface area contributed by atoms with Gasteiger partial charge in [0.2, 0.25) is 0 Å². The number of nitrogens with zero attached hydrogens (tertiary/aromatic N) is 1. The van der Waals surface area contributed by atoms with E-state index in [9.17, 15) is 13.6 Å². The number of aromatic nitrogens is 1. The van der Waals surface area contributed by atoms with Crippen LogP contribution in [0.3, 0.4) is 0 Å². The molecule has 0 amide bonds. The van der Waals surface area contributed by atoms with Gasteiger partial charge in [-0.3, -0.25) is 9.78 Å². The highest BCUT2D eigenvalue weighted by molar-refractivity contribution is 6.31. The molecule has 0 saturated heterocycles. The minimum absolute atomic E-state index is 0.140. The standard InChI is InChI=1S/C8H6ClF2NO/c1-4-5(9)2-12-6(3-13)7(4)8(10)11/h2-3,8H,1H3. The molecule has 5 heteroatoms. The van der Waals surface area contributed by atoms with Gasteiger partial charge in [-0.05, 0) is 12.5 Å². The summed E-state index contributed by atoms with van der Waals surface area (Å²) < 4.78 is 24.8. The SMILES string of the molecule is Cc1c(Cl)cnc(C=O)c1C(F)F. The van der Waals surface area contributed by atoms with Crippen molar-refractivity contribution in [3.63, 3.8) is 0 Å². The first-order chi connectivity index (χ1) is 6.07. The molecule has 0 saturated carbocycles. The zero-order valence-electron chi connectivity index (χ0n) is 6.72. The Morgan fingerprint density at radius 1 is 1.62 bits per heavy atom. The Morgan fingerprint density at radius 3 is 2.69 bits per heavy atom. The summed E-state index contributed by atoms with van der Waals surface area (Å²) in [6.45, 7) is 1.43. The number of hydrogen-bond acceptors (Lipinski definition) is 2. The maximum Gasteiger partial charge on any atom is 0.266 e. The van der Waals surface area contributed by atoms with Gasteiger partial charge >= 0.3 is 0 Å². The molecule has 0 spiro atoms. The smallest absolute Gasteiger partial charge is 0.266 e. The molecule has 0 aliphatic rings. The van der Waals surface area contributed by atoms with Gasteiger partial charge in [-0.2, -0.15) is 0 Å². The summed E-state index contributed by atoms with van der Waals surface area (Å²) in [5.74, 6) is 0. The van der Waals surface area contributed by atoms with Gasteiger partial charge in [-0.25, -0.2) is 8.78 Å². The first-order valence-corrected chi connectivity index (χ1v) is 3.84. The Hall–Kier alpha value is -1.03. The molecule has 0 atom stereocenters. The van der Waals surface area contributed by atoms with E-state index in [4.69, 9.17) is 11.6 Å².